The van der Waals surface area contributed by atoms with Crippen LogP contribution in [-0.4, -0.2) is 36.3 Å². The summed E-state index contributed by atoms with van der Waals surface area (Å²) in [6.07, 6.45) is 0.908. The minimum absolute atomic E-state index is 0.0391. The zero-order valence-electron chi connectivity index (χ0n) is 17.3. The van der Waals surface area contributed by atoms with Crippen molar-refractivity contribution in [3.63, 3.8) is 0 Å². The smallest absolute Gasteiger partial charge is 0.256 e. The van der Waals surface area contributed by atoms with Gasteiger partial charge in [0.05, 0.1) is 11.5 Å². The molecule has 2 amide bonds. The standard InChI is InChI=1S/C24H29FN2O2/c1-16(2)12-13-26-23(28)21-15-27(24(29)19-10-6-7-11-22(19)25)14-20(21)18-9-5-4-8-17(18)3/h4-11,16,20-21H,12-15H2,1-3H3,(H,26,28)/t20-,21+/m1/s1. The largest absolute Gasteiger partial charge is 0.356 e. The summed E-state index contributed by atoms with van der Waals surface area (Å²) < 4.78 is 14.1. The SMILES string of the molecule is Cc1ccccc1[C@H]1CN(C(=O)c2ccccc2F)C[C@@H]1C(=O)NCCC(C)C. The fourth-order valence-corrected chi connectivity index (χ4v) is 3.97. The number of benzene rings is 2. The molecular formula is C24H29FN2O2. The van der Waals surface area contributed by atoms with Crippen LogP contribution in [0.3, 0.4) is 0 Å². The van der Waals surface area contributed by atoms with Crippen molar-refractivity contribution in [3.8, 4) is 0 Å². The maximum atomic E-state index is 14.1. The second-order valence-electron chi connectivity index (χ2n) is 8.23. The van der Waals surface area contributed by atoms with E-state index in [9.17, 15) is 14.0 Å². The predicted molar refractivity (Wildman–Crippen MR) is 112 cm³/mol. The molecule has 5 heteroatoms. The molecular weight excluding hydrogens is 367 g/mol. The first-order valence-electron chi connectivity index (χ1n) is 10.3. The zero-order chi connectivity index (χ0) is 21.0. The molecule has 0 aliphatic carbocycles. The summed E-state index contributed by atoms with van der Waals surface area (Å²) in [5.74, 6) is -0.883. The molecule has 2 atom stereocenters. The van der Waals surface area contributed by atoms with Crippen LogP contribution in [0.4, 0.5) is 4.39 Å². The third-order valence-corrected chi connectivity index (χ3v) is 5.66. The number of likely N-dealkylation sites (tertiary alicyclic amines) is 1. The van der Waals surface area contributed by atoms with Crippen LogP contribution < -0.4 is 5.32 Å². The highest BCUT2D eigenvalue weighted by Crippen LogP contribution is 2.35. The van der Waals surface area contributed by atoms with Crippen LogP contribution in [0, 0.1) is 24.6 Å². The highest BCUT2D eigenvalue weighted by atomic mass is 19.1. The molecule has 1 aliphatic rings. The lowest BCUT2D eigenvalue weighted by Gasteiger charge is -2.20. The molecule has 29 heavy (non-hydrogen) atoms. The molecule has 4 nitrogen and oxygen atoms in total. The number of nitrogens with zero attached hydrogens (tertiary/aromatic N) is 1. The first-order valence-corrected chi connectivity index (χ1v) is 10.3. The van der Waals surface area contributed by atoms with Crippen molar-refractivity contribution in [3.05, 3.63) is 71.0 Å². The van der Waals surface area contributed by atoms with Crippen LogP contribution in [0.15, 0.2) is 48.5 Å². The Morgan fingerprint density at radius 2 is 1.79 bits per heavy atom. The van der Waals surface area contributed by atoms with Crippen LogP contribution in [0.2, 0.25) is 0 Å². The van der Waals surface area contributed by atoms with E-state index in [1.165, 1.54) is 12.1 Å². The highest BCUT2D eigenvalue weighted by molar-refractivity contribution is 5.95. The summed E-state index contributed by atoms with van der Waals surface area (Å²) in [7, 11) is 0. The van der Waals surface area contributed by atoms with Crippen molar-refractivity contribution >= 4 is 11.8 Å². The van der Waals surface area contributed by atoms with Gasteiger partial charge in [-0.05, 0) is 42.5 Å². The summed E-state index contributed by atoms with van der Waals surface area (Å²) >= 11 is 0. The fraction of sp³-hybridized carbons (Fsp3) is 0.417. The van der Waals surface area contributed by atoms with Gasteiger partial charge in [-0.1, -0.05) is 50.2 Å². The molecule has 0 aromatic heterocycles. The second kappa shape index (κ2) is 9.21. The maximum Gasteiger partial charge on any atom is 0.256 e. The minimum atomic E-state index is -0.533. The Hall–Kier alpha value is -2.69. The Morgan fingerprint density at radius 1 is 1.10 bits per heavy atom. The Balaban J connectivity index is 1.84. The van der Waals surface area contributed by atoms with Crippen molar-refractivity contribution in [2.75, 3.05) is 19.6 Å². The van der Waals surface area contributed by atoms with E-state index in [2.05, 4.69) is 19.2 Å². The number of rotatable bonds is 6. The van der Waals surface area contributed by atoms with Crippen molar-refractivity contribution in [1.29, 1.82) is 0 Å². The van der Waals surface area contributed by atoms with Crippen molar-refractivity contribution in [2.24, 2.45) is 11.8 Å². The molecule has 1 N–H and O–H groups in total. The van der Waals surface area contributed by atoms with E-state index in [4.69, 9.17) is 0 Å². The number of hydrogen-bond donors (Lipinski definition) is 1. The van der Waals surface area contributed by atoms with Crippen LogP contribution >= 0.6 is 0 Å². The van der Waals surface area contributed by atoms with Gasteiger partial charge in [-0.25, -0.2) is 4.39 Å². The Labute approximate surface area is 172 Å². The molecule has 2 aromatic carbocycles. The molecule has 1 aliphatic heterocycles. The van der Waals surface area contributed by atoms with E-state index < -0.39 is 5.82 Å². The summed E-state index contributed by atoms with van der Waals surface area (Å²) in [6.45, 7) is 7.57. The van der Waals surface area contributed by atoms with Crippen molar-refractivity contribution in [2.45, 2.75) is 33.1 Å². The molecule has 0 bridgehead atoms. The molecule has 0 spiro atoms. The molecule has 2 aromatic rings. The quantitative estimate of drug-likeness (QED) is 0.797. The molecule has 3 rings (SSSR count). The van der Waals surface area contributed by atoms with E-state index in [-0.39, 0.29) is 29.2 Å². The van der Waals surface area contributed by atoms with Gasteiger partial charge in [0, 0.05) is 25.6 Å². The number of halogens is 1. The Morgan fingerprint density at radius 3 is 2.48 bits per heavy atom. The number of nitrogens with one attached hydrogen (secondary N) is 1. The molecule has 154 valence electrons. The van der Waals surface area contributed by atoms with Gasteiger partial charge in [0.25, 0.3) is 5.91 Å². The van der Waals surface area contributed by atoms with Crippen LogP contribution in [0.25, 0.3) is 0 Å². The van der Waals surface area contributed by atoms with Crippen molar-refractivity contribution < 1.29 is 14.0 Å². The molecule has 1 fully saturated rings. The van der Waals surface area contributed by atoms with Gasteiger partial charge in [-0.2, -0.15) is 0 Å². The van der Waals surface area contributed by atoms with Gasteiger partial charge in [0.1, 0.15) is 5.82 Å². The first-order chi connectivity index (χ1) is 13.9. The van der Waals surface area contributed by atoms with E-state index in [0.29, 0.717) is 25.6 Å². The average Bonchev–Trinajstić information content (AvgIpc) is 3.13. The summed E-state index contributed by atoms with van der Waals surface area (Å²) in [4.78, 5) is 27.5. The number of aryl methyl sites for hydroxylation is 1. The Kier molecular flexibility index (Phi) is 6.68. The van der Waals surface area contributed by atoms with Crippen LogP contribution in [0.5, 0.6) is 0 Å². The topological polar surface area (TPSA) is 49.4 Å². The van der Waals surface area contributed by atoms with E-state index in [0.717, 1.165) is 17.5 Å². The lowest BCUT2D eigenvalue weighted by atomic mass is 9.86. The minimum Gasteiger partial charge on any atom is -0.356 e. The summed E-state index contributed by atoms with van der Waals surface area (Å²) in [5.41, 5.74) is 2.22. The van der Waals surface area contributed by atoms with Gasteiger partial charge in [-0.3, -0.25) is 9.59 Å². The van der Waals surface area contributed by atoms with Gasteiger partial charge in [0.2, 0.25) is 5.91 Å². The number of amides is 2. The fourth-order valence-electron chi connectivity index (χ4n) is 3.97. The van der Waals surface area contributed by atoms with Gasteiger partial charge >= 0.3 is 0 Å². The van der Waals surface area contributed by atoms with Gasteiger partial charge < -0.3 is 10.2 Å². The Bertz CT molecular complexity index is 881. The summed E-state index contributed by atoms with van der Waals surface area (Å²) in [6, 6.07) is 14.0. The lowest BCUT2D eigenvalue weighted by molar-refractivity contribution is -0.124. The number of hydrogen-bond acceptors (Lipinski definition) is 2. The molecule has 1 saturated heterocycles. The van der Waals surface area contributed by atoms with Crippen LogP contribution in [-0.2, 0) is 4.79 Å². The molecule has 0 unspecified atom stereocenters. The summed E-state index contributed by atoms with van der Waals surface area (Å²) in [5, 5.41) is 3.03. The highest BCUT2D eigenvalue weighted by Gasteiger charge is 2.41. The molecule has 0 radical (unpaired) electrons. The second-order valence-corrected chi connectivity index (χ2v) is 8.23. The third-order valence-electron chi connectivity index (χ3n) is 5.66. The van der Waals surface area contributed by atoms with E-state index >= 15 is 0 Å². The first kappa shape index (κ1) is 21.0. The third kappa shape index (κ3) is 4.84. The van der Waals surface area contributed by atoms with Gasteiger partial charge in [-0.15, -0.1) is 0 Å². The number of carbonyl (C=O) groups is 2. The monoisotopic (exact) mass is 396 g/mol. The molecule has 0 saturated carbocycles. The molecule has 1 heterocycles. The lowest BCUT2D eigenvalue weighted by Crippen LogP contribution is -2.36. The van der Waals surface area contributed by atoms with E-state index in [1.807, 2.05) is 31.2 Å². The predicted octanol–water partition coefficient (Wildman–Crippen LogP) is 4.15. The zero-order valence-corrected chi connectivity index (χ0v) is 17.3. The maximum absolute atomic E-state index is 14.1. The van der Waals surface area contributed by atoms with Gasteiger partial charge in [0.15, 0.2) is 0 Å². The van der Waals surface area contributed by atoms with Crippen LogP contribution in [0.1, 0.15) is 47.7 Å². The number of carbonyl (C=O) groups excluding carboxylic acids is 2. The normalized spacial score (nSPS) is 18.9. The average molecular weight is 397 g/mol. The van der Waals surface area contributed by atoms with Crippen molar-refractivity contribution in [1.82, 2.24) is 10.2 Å². The van der Waals surface area contributed by atoms with E-state index in [1.54, 1.807) is 17.0 Å².